The van der Waals surface area contributed by atoms with Gasteiger partial charge >= 0.3 is 0 Å². The lowest BCUT2D eigenvalue weighted by atomic mass is 10.1. The van der Waals surface area contributed by atoms with Crippen molar-refractivity contribution < 1.29 is 0 Å². The lowest BCUT2D eigenvalue weighted by Crippen LogP contribution is -2.10. The van der Waals surface area contributed by atoms with E-state index in [-0.39, 0.29) is 6.04 Å². The molecule has 2 N–H and O–H groups in total. The summed E-state index contributed by atoms with van der Waals surface area (Å²) < 4.78 is 1.07. The number of hydrogen-bond acceptors (Lipinski definition) is 2. The molecular formula is C12H12BrNS. The number of rotatable bonds is 2. The summed E-state index contributed by atoms with van der Waals surface area (Å²) in [6, 6.07) is 12.3. The van der Waals surface area contributed by atoms with Crippen LogP contribution in [0.3, 0.4) is 0 Å². The summed E-state index contributed by atoms with van der Waals surface area (Å²) >= 11 is 5.28. The normalized spacial score (nSPS) is 12.7. The highest BCUT2D eigenvalue weighted by atomic mass is 79.9. The molecule has 0 aliphatic rings. The SMILES string of the molecule is Cc1ccc(C(N)c2ccccc2Br)s1. The number of halogens is 1. The third-order valence-electron chi connectivity index (χ3n) is 2.31. The van der Waals surface area contributed by atoms with Gasteiger partial charge in [-0.2, -0.15) is 0 Å². The van der Waals surface area contributed by atoms with Gasteiger partial charge in [0, 0.05) is 14.2 Å². The van der Waals surface area contributed by atoms with Crippen molar-refractivity contribution in [3.05, 3.63) is 56.2 Å². The van der Waals surface area contributed by atoms with Crippen molar-refractivity contribution in [2.24, 2.45) is 5.73 Å². The van der Waals surface area contributed by atoms with Gasteiger partial charge in [0.15, 0.2) is 0 Å². The van der Waals surface area contributed by atoms with Crippen molar-refractivity contribution in [1.29, 1.82) is 0 Å². The molecule has 1 atom stereocenters. The summed E-state index contributed by atoms with van der Waals surface area (Å²) in [6.45, 7) is 2.10. The van der Waals surface area contributed by atoms with E-state index in [1.165, 1.54) is 9.75 Å². The Hall–Kier alpha value is -0.640. The van der Waals surface area contributed by atoms with Gasteiger partial charge in [-0.1, -0.05) is 34.1 Å². The van der Waals surface area contributed by atoms with E-state index in [4.69, 9.17) is 5.73 Å². The van der Waals surface area contributed by atoms with Crippen LogP contribution in [0.1, 0.15) is 21.4 Å². The number of nitrogens with two attached hydrogens (primary N) is 1. The Kier molecular flexibility index (Phi) is 3.24. The van der Waals surface area contributed by atoms with Gasteiger partial charge in [0.1, 0.15) is 0 Å². The van der Waals surface area contributed by atoms with Gasteiger partial charge in [0.2, 0.25) is 0 Å². The predicted octanol–water partition coefficient (Wildman–Crippen LogP) is 3.87. The number of thiophene rings is 1. The molecule has 0 saturated carbocycles. The quantitative estimate of drug-likeness (QED) is 0.889. The molecule has 1 heterocycles. The molecule has 2 aromatic rings. The molecule has 1 nitrogen and oxygen atoms in total. The minimum absolute atomic E-state index is 0.0284. The van der Waals surface area contributed by atoms with Gasteiger partial charge in [0.05, 0.1) is 6.04 Å². The van der Waals surface area contributed by atoms with Gasteiger partial charge in [-0.25, -0.2) is 0 Å². The van der Waals surface area contributed by atoms with Crippen molar-refractivity contribution in [2.45, 2.75) is 13.0 Å². The molecule has 0 spiro atoms. The lowest BCUT2D eigenvalue weighted by molar-refractivity contribution is 0.887. The first kappa shape index (κ1) is 10.9. The Bertz CT molecular complexity index is 464. The Morgan fingerprint density at radius 3 is 2.53 bits per heavy atom. The van der Waals surface area contributed by atoms with Crippen LogP contribution in [0.2, 0.25) is 0 Å². The monoisotopic (exact) mass is 281 g/mol. The third-order valence-corrected chi connectivity index (χ3v) is 4.11. The molecule has 3 heteroatoms. The van der Waals surface area contributed by atoms with Gasteiger partial charge < -0.3 is 5.73 Å². The fourth-order valence-corrected chi connectivity index (χ4v) is 2.93. The fraction of sp³-hybridized carbons (Fsp3) is 0.167. The molecule has 0 bridgehead atoms. The summed E-state index contributed by atoms with van der Waals surface area (Å²) in [5.74, 6) is 0. The molecule has 0 aliphatic heterocycles. The van der Waals surface area contributed by atoms with Crippen LogP contribution in [-0.2, 0) is 0 Å². The largest absolute Gasteiger partial charge is 0.320 e. The van der Waals surface area contributed by atoms with Crippen LogP contribution < -0.4 is 5.73 Å². The average Bonchev–Trinajstić information content (AvgIpc) is 2.65. The molecule has 1 unspecified atom stereocenters. The maximum atomic E-state index is 6.21. The van der Waals surface area contributed by atoms with Crippen molar-refractivity contribution >= 4 is 27.3 Å². The first-order valence-corrected chi connectivity index (χ1v) is 6.36. The Morgan fingerprint density at radius 1 is 1.20 bits per heavy atom. The van der Waals surface area contributed by atoms with Crippen molar-refractivity contribution in [1.82, 2.24) is 0 Å². The summed E-state index contributed by atoms with van der Waals surface area (Å²) in [6.07, 6.45) is 0. The maximum Gasteiger partial charge on any atom is 0.0657 e. The average molecular weight is 282 g/mol. The zero-order valence-electron chi connectivity index (χ0n) is 8.41. The van der Waals surface area contributed by atoms with Crippen molar-refractivity contribution in [3.63, 3.8) is 0 Å². The first-order chi connectivity index (χ1) is 7.18. The van der Waals surface area contributed by atoms with Crippen LogP contribution in [0.4, 0.5) is 0 Å². The summed E-state index contributed by atoms with van der Waals surface area (Å²) in [7, 11) is 0. The van der Waals surface area contributed by atoms with E-state index in [2.05, 4.69) is 41.1 Å². The second-order valence-electron chi connectivity index (χ2n) is 3.45. The molecule has 0 aliphatic carbocycles. The summed E-state index contributed by atoms with van der Waals surface area (Å²) in [4.78, 5) is 2.51. The standard InChI is InChI=1S/C12H12BrNS/c1-8-6-7-11(15-8)12(14)9-4-2-3-5-10(9)13/h2-7,12H,14H2,1H3. The Morgan fingerprint density at radius 2 is 1.93 bits per heavy atom. The molecule has 0 amide bonds. The number of aryl methyl sites for hydroxylation is 1. The van der Waals surface area contributed by atoms with Gasteiger partial charge in [-0.15, -0.1) is 11.3 Å². The minimum Gasteiger partial charge on any atom is -0.320 e. The molecule has 1 aromatic heterocycles. The molecule has 0 fully saturated rings. The Balaban J connectivity index is 2.36. The molecule has 15 heavy (non-hydrogen) atoms. The number of hydrogen-bond donors (Lipinski definition) is 1. The number of benzene rings is 1. The fourth-order valence-electron chi connectivity index (χ4n) is 1.50. The highest BCUT2D eigenvalue weighted by Gasteiger charge is 2.12. The highest BCUT2D eigenvalue weighted by Crippen LogP contribution is 2.30. The molecule has 78 valence electrons. The summed E-state index contributed by atoms with van der Waals surface area (Å²) in [5, 5.41) is 0. The van der Waals surface area contributed by atoms with Crippen molar-refractivity contribution in [3.8, 4) is 0 Å². The molecule has 1 aromatic carbocycles. The highest BCUT2D eigenvalue weighted by molar-refractivity contribution is 9.10. The van der Waals surface area contributed by atoms with E-state index in [9.17, 15) is 0 Å². The zero-order chi connectivity index (χ0) is 10.8. The molecule has 0 radical (unpaired) electrons. The van der Waals surface area contributed by atoms with Crippen LogP contribution in [0.15, 0.2) is 40.9 Å². The van der Waals surface area contributed by atoms with Crippen molar-refractivity contribution in [2.75, 3.05) is 0 Å². The topological polar surface area (TPSA) is 26.0 Å². The van der Waals surface area contributed by atoms with Gasteiger partial charge in [-0.3, -0.25) is 0 Å². The van der Waals surface area contributed by atoms with E-state index >= 15 is 0 Å². The predicted molar refractivity (Wildman–Crippen MR) is 69.2 cm³/mol. The van der Waals surface area contributed by atoms with E-state index in [1.54, 1.807) is 11.3 Å². The third kappa shape index (κ3) is 2.30. The first-order valence-electron chi connectivity index (χ1n) is 4.75. The molecule has 0 saturated heterocycles. The second-order valence-corrected chi connectivity index (χ2v) is 5.62. The van der Waals surface area contributed by atoms with E-state index in [0.29, 0.717) is 0 Å². The van der Waals surface area contributed by atoms with Crippen LogP contribution in [0, 0.1) is 6.92 Å². The zero-order valence-corrected chi connectivity index (χ0v) is 10.8. The van der Waals surface area contributed by atoms with E-state index in [1.807, 2.05) is 18.2 Å². The summed E-state index contributed by atoms with van der Waals surface area (Å²) in [5.41, 5.74) is 7.35. The smallest absolute Gasteiger partial charge is 0.0657 e. The van der Waals surface area contributed by atoms with Crippen LogP contribution in [-0.4, -0.2) is 0 Å². The molecular weight excluding hydrogens is 270 g/mol. The lowest BCUT2D eigenvalue weighted by Gasteiger charge is -2.11. The minimum atomic E-state index is -0.0284. The van der Waals surface area contributed by atoms with Crippen LogP contribution in [0.25, 0.3) is 0 Å². The molecule has 2 rings (SSSR count). The second kappa shape index (κ2) is 4.47. The maximum absolute atomic E-state index is 6.21. The van der Waals surface area contributed by atoms with Crippen LogP contribution in [0.5, 0.6) is 0 Å². The Labute approximate surface area is 102 Å². The van der Waals surface area contributed by atoms with E-state index in [0.717, 1.165) is 10.0 Å². The van der Waals surface area contributed by atoms with Gasteiger partial charge in [-0.05, 0) is 30.7 Å². The van der Waals surface area contributed by atoms with E-state index < -0.39 is 0 Å². The van der Waals surface area contributed by atoms with Crippen LogP contribution >= 0.6 is 27.3 Å². The van der Waals surface area contributed by atoms with Gasteiger partial charge in [0.25, 0.3) is 0 Å².